The number of nitrogens with zero attached hydrogens (tertiary/aromatic N) is 2. The van der Waals surface area contributed by atoms with Gasteiger partial charge in [0.05, 0.1) is 24.3 Å². The summed E-state index contributed by atoms with van der Waals surface area (Å²) in [5, 5.41) is 0. The van der Waals surface area contributed by atoms with Crippen LogP contribution in [0.15, 0.2) is 77.4 Å². The first kappa shape index (κ1) is 22.5. The van der Waals surface area contributed by atoms with E-state index in [4.69, 9.17) is 4.42 Å². The first-order chi connectivity index (χ1) is 16.0. The Kier molecular flexibility index (Phi) is 7.02. The van der Waals surface area contributed by atoms with Crippen LogP contribution in [0.3, 0.4) is 0 Å². The topological polar surface area (TPSA) is 63.0 Å². The molecule has 0 aliphatic carbocycles. The highest BCUT2D eigenvalue weighted by molar-refractivity contribution is 5.98. The number of furan rings is 1. The van der Waals surface area contributed by atoms with Gasteiger partial charge in [-0.25, -0.2) is 0 Å². The lowest BCUT2D eigenvalue weighted by atomic mass is 9.95. The van der Waals surface area contributed by atoms with Crippen LogP contribution in [-0.2, 0) is 11.3 Å². The molecule has 2 amide bonds. The molecule has 1 saturated heterocycles. The highest BCUT2D eigenvalue weighted by Crippen LogP contribution is 2.28. The average Bonchev–Trinajstić information content (AvgIpc) is 3.36. The summed E-state index contributed by atoms with van der Waals surface area (Å²) >= 11 is 0. The standard InChI is InChI=1S/C25H24F2N2O4/c26-25(27)33-22-13-5-4-12-21(22)24(31)28-14-6-8-18(16-28)23(30)29(17-20-11-7-15-32-20)19-9-2-1-3-10-19/h1-5,7,9-13,15,18,25H,6,8,14,16-17H2. The number of halogens is 2. The predicted molar refractivity (Wildman–Crippen MR) is 118 cm³/mol. The maximum Gasteiger partial charge on any atom is 0.387 e. The van der Waals surface area contributed by atoms with Gasteiger partial charge >= 0.3 is 6.61 Å². The number of amides is 2. The second-order valence-electron chi connectivity index (χ2n) is 7.80. The highest BCUT2D eigenvalue weighted by Gasteiger charge is 2.33. The average molecular weight is 454 g/mol. The molecule has 0 spiro atoms. The van der Waals surface area contributed by atoms with Crippen molar-refractivity contribution < 1.29 is 27.5 Å². The Bertz CT molecular complexity index is 1070. The van der Waals surface area contributed by atoms with Crippen molar-refractivity contribution in [2.24, 2.45) is 5.92 Å². The van der Waals surface area contributed by atoms with Gasteiger partial charge in [-0.3, -0.25) is 9.59 Å². The molecule has 0 N–H and O–H groups in total. The minimum atomic E-state index is -3.03. The number of para-hydroxylation sites is 2. The van der Waals surface area contributed by atoms with Crippen molar-refractivity contribution in [1.29, 1.82) is 0 Å². The zero-order valence-electron chi connectivity index (χ0n) is 17.9. The van der Waals surface area contributed by atoms with Gasteiger partial charge in [0.1, 0.15) is 11.5 Å². The molecule has 1 fully saturated rings. The van der Waals surface area contributed by atoms with Crippen LogP contribution in [0.1, 0.15) is 29.0 Å². The summed E-state index contributed by atoms with van der Waals surface area (Å²) in [7, 11) is 0. The first-order valence-corrected chi connectivity index (χ1v) is 10.7. The van der Waals surface area contributed by atoms with Crippen LogP contribution in [0, 0.1) is 5.92 Å². The van der Waals surface area contributed by atoms with Crippen LogP contribution in [0.4, 0.5) is 14.5 Å². The van der Waals surface area contributed by atoms with E-state index in [1.807, 2.05) is 30.3 Å². The molecule has 0 saturated carbocycles. The number of rotatable bonds is 7. The third kappa shape index (κ3) is 5.39. The number of piperidine rings is 1. The van der Waals surface area contributed by atoms with E-state index in [1.165, 1.54) is 23.1 Å². The van der Waals surface area contributed by atoms with Gasteiger partial charge in [0, 0.05) is 18.8 Å². The molecule has 6 nitrogen and oxygen atoms in total. The fourth-order valence-corrected chi connectivity index (χ4v) is 4.06. The molecule has 1 atom stereocenters. The van der Waals surface area contributed by atoms with Gasteiger partial charge in [-0.1, -0.05) is 30.3 Å². The molecule has 3 aromatic rings. The van der Waals surface area contributed by atoms with E-state index >= 15 is 0 Å². The molecule has 0 radical (unpaired) electrons. The number of carbonyl (C=O) groups excluding carboxylic acids is 2. The fraction of sp³-hybridized carbons (Fsp3) is 0.280. The Morgan fingerprint density at radius 2 is 1.82 bits per heavy atom. The maximum atomic E-state index is 13.6. The molecule has 8 heteroatoms. The zero-order valence-corrected chi connectivity index (χ0v) is 17.9. The van der Waals surface area contributed by atoms with Gasteiger partial charge in [0.2, 0.25) is 5.91 Å². The number of carbonyl (C=O) groups is 2. The van der Waals surface area contributed by atoms with Crippen molar-refractivity contribution in [2.45, 2.75) is 26.0 Å². The lowest BCUT2D eigenvalue weighted by molar-refractivity contribution is -0.123. The molecular weight excluding hydrogens is 430 g/mol. The third-order valence-corrected chi connectivity index (χ3v) is 5.62. The first-order valence-electron chi connectivity index (χ1n) is 10.7. The van der Waals surface area contributed by atoms with Crippen molar-refractivity contribution in [1.82, 2.24) is 4.90 Å². The lowest BCUT2D eigenvalue weighted by Gasteiger charge is -2.35. The van der Waals surface area contributed by atoms with Crippen molar-refractivity contribution in [3.8, 4) is 5.75 Å². The third-order valence-electron chi connectivity index (χ3n) is 5.62. The lowest BCUT2D eigenvalue weighted by Crippen LogP contribution is -2.46. The van der Waals surface area contributed by atoms with Gasteiger partial charge in [-0.2, -0.15) is 8.78 Å². The molecule has 172 valence electrons. The van der Waals surface area contributed by atoms with Gasteiger partial charge in [0.25, 0.3) is 5.91 Å². The molecule has 0 bridgehead atoms. The molecule has 1 aliphatic heterocycles. The van der Waals surface area contributed by atoms with E-state index < -0.39 is 18.4 Å². The van der Waals surface area contributed by atoms with Crippen molar-refractivity contribution in [3.05, 3.63) is 84.3 Å². The fourth-order valence-electron chi connectivity index (χ4n) is 4.06. The Hall–Kier alpha value is -3.68. The minimum Gasteiger partial charge on any atom is -0.467 e. The van der Waals surface area contributed by atoms with Crippen LogP contribution in [0.5, 0.6) is 5.75 Å². The van der Waals surface area contributed by atoms with Crippen molar-refractivity contribution >= 4 is 17.5 Å². The molecule has 2 aromatic carbocycles. The Morgan fingerprint density at radius 1 is 1.06 bits per heavy atom. The van der Waals surface area contributed by atoms with Gasteiger partial charge in [-0.15, -0.1) is 0 Å². The van der Waals surface area contributed by atoms with Crippen molar-refractivity contribution in [3.63, 3.8) is 0 Å². The molecule has 2 heterocycles. The number of benzene rings is 2. The minimum absolute atomic E-state index is 0.0569. The summed E-state index contributed by atoms with van der Waals surface area (Å²) in [5.74, 6) is -0.502. The second kappa shape index (κ2) is 10.3. The van der Waals surface area contributed by atoms with Crippen molar-refractivity contribution in [2.75, 3.05) is 18.0 Å². The molecule has 4 rings (SSSR count). The predicted octanol–water partition coefficient (Wildman–Crippen LogP) is 4.97. The molecule has 1 aliphatic rings. The summed E-state index contributed by atoms with van der Waals surface area (Å²) < 4.78 is 35.5. The maximum absolute atomic E-state index is 13.6. The highest BCUT2D eigenvalue weighted by atomic mass is 19.3. The Labute approximate surface area is 190 Å². The summed E-state index contributed by atoms with van der Waals surface area (Å²) in [6, 6.07) is 18.8. The monoisotopic (exact) mass is 454 g/mol. The van der Waals surface area contributed by atoms with E-state index in [2.05, 4.69) is 4.74 Å². The molecule has 1 aromatic heterocycles. The molecule has 33 heavy (non-hydrogen) atoms. The number of alkyl halides is 2. The molecule has 1 unspecified atom stereocenters. The van der Waals surface area contributed by atoms with Gasteiger partial charge in [0.15, 0.2) is 0 Å². The molecular formula is C25H24F2N2O4. The normalized spacial score (nSPS) is 16.0. The summed E-state index contributed by atoms with van der Waals surface area (Å²) in [6.45, 7) is -2.13. The number of likely N-dealkylation sites (tertiary alicyclic amines) is 1. The van der Waals surface area contributed by atoms with E-state index in [9.17, 15) is 18.4 Å². The van der Waals surface area contributed by atoms with E-state index in [0.717, 1.165) is 5.69 Å². The van der Waals surface area contributed by atoms with Crippen LogP contribution < -0.4 is 9.64 Å². The van der Waals surface area contributed by atoms with Crippen LogP contribution in [0.2, 0.25) is 0 Å². The summed E-state index contributed by atoms with van der Waals surface area (Å²) in [4.78, 5) is 29.9. The quantitative estimate of drug-likeness (QED) is 0.506. The van der Waals surface area contributed by atoms with Crippen LogP contribution in [0.25, 0.3) is 0 Å². The Morgan fingerprint density at radius 3 is 2.55 bits per heavy atom. The van der Waals surface area contributed by atoms with Crippen LogP contribution in [-0.4, -0.2) is 36.4 Å². The summed E-state index contributed by atoms with van der Waals surface area (Å²) in [6.07, 6.45) is 2.81. The second-order valence-corrected chi connectivity index (χ2v) is 7.80. The zero-order chi connectivity index (χ0) is 23.2. The number of hydrogen-bond donors (Lipinski definition) is 0. The number of anilines is 1. The SMILES string of the molecule is O=C(c1ccccc1OC(F)F)N1CCCC(C(=O)N(Cc2ccco2)c2ccccc2)C1. The largest absolute Gasteiger partial charge is 0.467 e. The Balaban J connectivity index is 1.53. The number of ether oxygens (including phenoxy) is 1. The number of hydrogen-bond acceptors (Lipinski definition) is 4. The van der Waals surface area contributed by atoms with Gasteiger partial charge in [-0.05, 0) is 49.2 Å². The van der Waals surface area contributed by atoms with Crippen LogP contribution >= 0.6 is 0 Å². The summed E-state index contributed by atoms with van der Waals surface area (Å²) in [5.41, 5.74) is 0.791. The van der Waals surface area contributed by atoms with E-state index in [0.29, 0.717) is 25.1 Å². The van der Waals surface area contributed by atoms with Gasteiger partial charge < -0.3 is 19.0 Å². The van der Waals surface area contributed by atoms with E-state index in [-0.39, 0.29) is 30.3 Å². The smallest absolute Gasteiger partial charge is 0.387 e. The van der Waals surface area contributed by atoms with E-state index in [1.54, 1.807) is 29.4 Å².